The number of carbonyl (C=O) groups is 1. The Morgan fingerprint density at radius 2 is 1.52 bits per heavy atom. The molecule has 4 heteroatoms. The second-order valence-corrected chi connectivity index (χ2v) is 4.67. The number of hydrogen-bond acceptors (Lipinski definition) is 3. The highest BCUT2D eigenvalue weighted by Gasteiger charge is 2.16. The van der Waals surface area contributed by atoms with Crippen molar-refractivity contribution in [2.24, 2.45) is 0 Å². The summed E-state index contributed by atoms with van der Waals surface area (Å²) >= 11 is 0. The van der Waals surface area contributed by atoms with E-state index in [0.29, 0.717) is 11.7 Å². The second kappa shape index (κ2) is 5.25. The standard InChI is InChI=1S/C17H13NO3/c1-11-15(17(19)20)18-16(21-11)14-9-7-13(8-10-14)12-5-3-2-4-6-12/h2-10H,1H3,(H,19,20). The minimum absolute atomic E-state index is 0.0443. The summed E-state index contributed by atoms with van der Waals surface area (Å²) in [4.78, 5) is 15.0. The minimum atomic E-state index is -1.08. The van der Waals surface area contributed by atoms with Crippen LogP contribution in [0.2, 0.25) is 0 Å². The van der Waals surface area contributed by atoms with Crippen molar-refractivity contribution in [2.45, 2.75) is 6.92 Å². The Labute approximate surface area is 121 Å². The van der Waals surface area contributed by atoms with Crippen molar-refractivity contribution in [3.8, 4) is 22.6 Å². The molecular formula is C17H13NO3. The van der Waals surface area contributed by atoms with Crippen LogP contribution in [-0.2, 0) is 0 Å². The fraction of sp³-hybridized carbons (Fsp3) is 0.0588. The molecule has 0 amide bonds. The van der Waals surface area contributed by atoms with Crippen LogP contribution in [-0.4, -0.2) is 16.1 Å². The van der Waals surface area contributed by atoms with Crippen LogP contribution in [0, 0.1) is 6.92 Å². The minimum Gasteiger partial charge on any atom is -0.476 e. The molecule has 0 atom stereocenters. The largest absolute Gasteiger partial charge is 0.476 e. The first-order valence-electron chi connectivity index (χ1n) is 6.52. The molecule has 3 aromatic rings. The predicted molar refractivity (Wildman–Crippen MR) is 79.1 cm³/mol. The number of benzene rings is 2. The number of aromatic carboxylic acids is 1. The zero-order chi connectivity index (χ0) is 14.8. The van der Waals surface area contributed by atoms with Crippen molar-refractivity contribution >= 4 is 5.97 Å². The van der Waals surface area contributed by atoms with E-state index in [0.717, 1.165) is 16.7 Å². The number of rotatable bonds is 3. The third-order valence-corrected chi connectivity index (χ3v) is 3.24. The van der Waals surface area contributed by atoms with Crippen LogP contribution in [0.15, 0.2) is 59.0 Å². The van der Waals surface area contributed by atoms with Crippen LogP contribution in [0.4, 0.5) is 0 Å². The van der Waals surface area contributed by atoms with Gasteiger partial charge < -0.3 is 9.52 Å². The highest BCUT2D eigenvalue weighted by molar-refractivity contribution is 5.87. The molecule has 1 heterocycles. The van der Waals surface area contributed by atoms with Gasteiger partial charge in [-0.1, -0.05) is 42.5 Å². The van der Waals surface area contributed by atoms with Crippen molar-refractivity contribution in [3.63, 3.8) is 0 Å². The maximum atomic E-state index is 11.0. The second-order valence-electron chi connectivity index (χ2n) is 4.67. The Bertz CT molecular complexity index is 774. The smallest absolute Gasteiger partial charge is 0.358 e. The average molecular weight is 279 g/mol. The van der Waals surface area contributed by atoms with Crippen LogP contribution in [0.1, 0.15) is 16.2 Å². The van der Waals surface area contributed by atoms with Crippen LogP contribution < -0.4 is 0 Å². The quantitative estimate of drug-likeness (QED) is 0.786. The molecule has 0 unspecified atom stereocenters. The fourth-order valence-electron chi connectivity index (χ4n) is 2.15. The molecule has 104 valence electrons. The van der Waals surface area contributed by atoms with E-state index in [2.05, 4.69) is 4.98 Å². The van der Waals surface area contributed by atoms with Gasteiger partial charge in [0.2, 0.25) is 5.89 Å². The van der Waals surface area contributed by atoms with Crippen LogP contribution in [0.25, 0.3) is 22.6 Å². The SMILES string of the molecule is Cc1oc(-c2ccc(-c3ccccc3)cc2)nc1C(=O)O. The van der Waals surface area contributed by atoms with E-state index in [1.54, 1.807) is 6.92 Å². The van der Waals surface area contributed by atoms with E-state index in [-0.39, 0.29) is 5.69 Å². The normalized spacial score (nSPS) is 10.5. The molecule has 3 rings (SSSR count). The molecule has 0 saturated carbocycles. The van der Waals surface area contributed by atoms with E-state index in [4.69, 9.17) is 9.52 Å². The number of carboxylic acid groups (broad SMARTS) is 1. The van der Waals surface area contributed by atoms with Gasteiger partial charge in [-0.15, -0.1) is 0 Å². The molecule has 2 aromatic carbocycles. The van der Waals surface area contributed by atoms with Crippen LogP contribution in [0.3, 0.4) is 0 Å². The van der Waals surface area contributed by atoms with Gasteiger partial charge in [0.1, 0.15) is 5.76 Å². The van der Waals surface area contributed by atoms with Gasteiger partial charge in [0.05, 0.1) is 0 Å². The molecule has 0 aliphatic heterocycles. The Morgan fingerprint density at radius 1 is 0.952 bits per heavy atom. The third kappa shape index (κ3) is 2.56. The van der Waals surface area contributed by atoms with E-state index in [1.807, 2.05) is 54.6 Å². The van der Waals surface area contributed by atoms with Gasteiger partial charge in [-0.25, -0.2) is 9.78 Å². The first-order valence-corrected chi connectivity index (χ1v) is 6.52. The van der Waals surface area contributed by atoms with Crippen molar-refractivity contribution in [1.82, 2.24) is 4.98 Å². The van der Waals surface area contributed by atoms with E-state index < -0.39 is 5.97 Å². The molecule has 21 heavy (non-hydrogen) atoms. The summed E-state index contributed by atoms with van der Waals surface area (Å²) in [7, 11) is 0. The van der Waals surface area contributed by atoms with Crippen molar-refractivity contribution in [1.29, 1.82) is 0 Å². The summed E-state index contributed by atoms with van der Waals surface area (Å²) in [6.45, 7) is 1.60. The maximum Gasteiger partial charge on any atom is 0.358 e. The molecule has 1 N–H and O–H groups in total. The van der Waals surface area contributed by atoms with Crippen molar-refractivity contribution in [3.05, 3.63) is 66.1 Å². The van der Waals surface area contributed by atoms with Gasteiger partial charge in [0.15, 0.2) is 5.69 Å². The Morgan fingerprint density at radius 3 is 2.10 bits per heavy atom. The molecule has 0 radical (unpaired) electrons. The third-order valence-electron chi connectivity index (χ3n) is 3.24. The summed E-state index contributed by atoms with van der Waals surface area (Å²) in [5.74, 6) is -0.447. The van der Waals surface area contributed by atoms with E-state index in [1.165, 1.54) is 0 Å². The topological polar surface area (TPSA) is 63.3 Å². The highest BCUT2D eigenvalue weighted by atomic mass is 16.4. The van der Waals surface area contributed by atoms with Gasteiger partial charge in [-0.3, -0.25) is 0 Å². The number of hydrogen-bond donors (Lipinski definition) is 1. The maximum absolute atomic E-state index is 11.0. The molecule has 0 bridgehead atoms. The van der Waals surface area contributed by atoms with Gasteiger partial charge in [-0.05, 0) is 30.2 Å². The van der Waals surface area contributed by atoms with E-state index >= 15 is 0 Å². The lowest BCUT2D eigenvalue weighted by Crippen LogP contribution is -1.98. The number of aryl methyl sites for hydroxylation is 1. The number of oxazole rings is 1. The predicted octanol–water partition coefficient (Wildman–Crippen LogP) is 4.02. The number of aromatic nitrogens is 1. The molecule has 0 fully saturated rings. The van der Waals surface area contributed by atoms with Gasteiger partial charge >= 0.3 is 5.97 Å². The van der Waals surface area contributed by atoms with E-state index in [9.17, 15) is 4.79 Å². The monoisotopic (exact) mass is 279 g/mol. The molecule has 4 nitrogen and oxygen atoms in total. The Balaban J connectivity index is 1.94. The molecule has 1 aromatic heterocycles. The van der Waals surface area contributed by atoms with Crippen LogP contribution >= 0.6 is 0 Å². The Hall–Kier alpha value is -2.88. The number of carboxylic acids is 1. The van der Waals surface area contributed by atoms with Gasteiger partial charge in [0, 0.05) is 5.56 Å². The highest BCUT2D eigenvalue weighted by Crippen LogP contribution is 2.25. The summed E-state index contributed by atoms with van der Waals surface area (Å²) in [5, 5.41) is 9.00. The molecular weight excluding hydrogens is 266 g/mol. The fourth-order valence-corrected chi connectivity index (χ4v) is 2.15. The first-order chi connectivity index (χ1) is 10.1. The summed E-state index contributed by atoms with van der Waals surface area (Å²) in [6, 6.07) is 17.7. The van der Waals surface area contributed by atoms with Gasteiger partial charge in [0.25, 0.3) is 0 Å². The zero-order valence-corrected chi connectivity index (χ0v) is 11.4. The number of nitrogens with zero attached hydrogens (tertiary/aromatic N) is 1. The molecule has 0 saturated heterocycles. The summed E-state index contributed by atoms with van der Waals surface area (Å²) in [5.41, 5.74) is 2.92. The molecule has 0 aliphatic rings. The zero-order valence-electron chi connectivity index (χ0n) is 11.4. The average Bonchev–Trinajstić information content (AvgIpc) is 2.90. The lowest BCUT2D eigenvalue weighted by atomic mass is 10.0. The Kier molecular flexibility index (Phi) is 3.28. The van der Waals surface area contributed by atoms with Gasteiger partial charge in [-0.2, -0.15) is 0 Å². The summed E-state index contributed by atoms with van der Waals surface area (Å²) < 4.78 is 5.42. The first kappa shape index (κ1) is 13.1. The molecule has 0 spiro atoms. The van der Waals surface area contributed by atoms with Crippen molar-refractivity contribution in [2.75, 3.05) is 0 Å². The van der Waals surface area contributed by atoms with Crippen molar-refractivity contribution < 1.29 is 14.3 Å². The molecule has 0 aliphatic carbocycles. The van der Waals surface area contributed by atoms with Crippen LogP contribution in [0.5, 0.6) is 0 Å². The summed E-state index contributed by atoms with van der Waals surface area (Å²) in [6.07, 6.45) is 0. The lowest BCUT2D eigenvalue weighted by molar-refractivity contribution is 0.0689. The lowest BCUT2D eigenvalue weighted by Gasteiger charge is -2.02.